The first-order valence-corrected chi connectivity index (χ1v) is 9.88. The van der Waals surface area contributed by atoms with E-state index in [-0.39, 0.29) is 0 Å². The molecule has 3 saturated heterocycles. The molecule has 0 saturated carbocycles. The highest BCUT2D eigenvalue weighted by atomic mass is 32.1. The van der Waals surface area contributed by atoms with E-state index < -0.39 is 0 Å². The van der Waals surface area contributed by atoms with Crippen molar-refractivity contribution in [3.8, 4) is 0 Å². The van der Waals surface area contributed by atoms with Gasteiger partial charge in [-0.3, -0.25) is 4.90 Å². The Labute approximate surface area is 138 Å². The lowest BCUT2D eigenvalue weighted by atomic mass is 9.96. The first kappa shape index (κ1) is 15.1. The molecule has 1 aromatic heterocycles. The fourth-order valence-corrected chi connectivity index (χ4v) is 5.45. The van der Waals surface area contributed by atoms with Gasteiger partial charge in [0.25, 0.3) is 0 Å². The van der Waals surface area contributed by atoms with Gasteiger partial charge in [-0.15, -0.1) is 11.3 Å². The quantitative estimate of drug-likeness (QED) is 0.844. The van der Waals surface area contributed by atoms with Gasteiger partial charge in [0.2, 0.25) is 0 Å². The lowest BCUT2D eigenvalue weighted by Gasteiger charge is -2.45. The molecular formula is C18H29N3S. The van der Waals surface area contributed by atoms with Gasteiger partial charge in [-0.05, 0) is 50.6 Å². The van der Waals surface area contributed by atoms with Crippen LogP contribution in [0.25, 0.3) is 0 Å². The van der Waals surface area contributed by atoms with Crippen LogP contribution in [0.5, 0.6) is 0 Å². The summed E-state index contributed by atoms with van der Waals surface area (Å²) in [7, 11) is 2.35. The fraction of sp³-hybridized carbons (Fsp3) is 0.778. The molecule has 2 bridgehead atoms. The molecule has 3 nitrogen and oxygen atoms in total. The monoisotopic (exact) mass is 319 g/mol. The van der Waals surface area contributed by atoms with Crippen LogP contribution in [0.1, 0.15) is 30.6 Å². The molecule has 0 radical (unpaired) electrons. The summed E-state index contributed by atoms with van der Waals surface area (Å²) in [6.07, 6.45) is 6.96. The van der Waals surface area contributed by atoms with E-state index in [0.29, 0.717) is 0 Å². The summed E-state index contributed by atoms with van der Waals surface area (Å²) >= 11 is 1.90. The maximum Gasteiger partial charge on any atom is 0.0126 e. The second-order valence-electron chi connectivity index (χ2n) is 7.38. The van der Waals surface area contributed by atoms with E-state index in [1.165, 1.54) is 69.7 Å². The highest BCUT2D eigenvalue weighted by Gasteiger charge is 2.40. The molecule has 2 atom stereocenters. The third kappa shape index (κ3) is 3.12. The van der Waals surface area contributed by atoms with Gasteiger partial charge >= 0.3 is 0 Å². The number of hydrogen-bond donors (Lipinski definition) is 0. The van der Waals surface area contributed by atoms with Gasteiger partial charge in [-0.2, -0.15) is 0 Å². The second kappa shape index (κ2) is 6.60. The van der Waals surface area contributed by atoms with E-state index in [1.54, 1.807) is 0 Å². The summed E-state index contributed by atoms with van der Waals surface area (Å²) in [5.74, 6) is 0. The van der Waals surface area contributed by atoms with Gasteiger partial charge in [0.05, 0.1) is 0 Å². The Kier molecular flexibility index (Phi) is 4.54. The summed E-state index contributed by atoms with van der Waals surface area (Å²) in [5.41, 5.74) is 0. The first-order chi connectivity index (χ1) is 10.8. The van der Waals surface area contributed by atoms with Crippen molar-refractivity contribution in [3.05, 3.63) is 22.4 Å². The number of nitrogens with zero attached hydrogens (tertiary/aromatic N) is 3. The molecule has 0 spiro atoms. The van der Waals surface area contributed by atoms with Crippen LogP contribution in [0, 0.1) is 0 Å². The summed E-state index contributed by atoms with van der Waals surface area (Å²) in [6.45, 7) is 6.36. The van der Waals surface area contributed by atoms with E-state index >= 15 is 0 Å². The molecule has 4 rings (SSSR count). The van der Waals surface area contributed by atoms with Crippen molar-refractivity contribution >= 4 is 11.3 Å². The summed E-state index contributed by atoms with van der Waals surface area (Å²) < 4.78 is 0. The molecule has 4 heterocycles. The molecular weight excluding hydrogens is 290 g/mol. The van der Waals surface area contributed by atoms with Crippen molar-refractivity contribution in [2.45, 2.75) is 50.2 Å². The topological polar surface area (TPSA) is 9.72 Å². The van der Waals surface area contributed by atoms with Crippen molar-refractivity contribution in [1.82, 2.24) is 14.7 Å². The molecule has 0 aromatic carbocycles. The number of rotatable bonds is 4. The van der Waals surface area contributed by atoms with Crippen molar-refractivity contribution in [3.63, 3.8) is 0 Å². The minimum absolute atomic E-state index is 0.869. The molecule has 3 fully saturated rings. The van der Waals surface area contributed by atoms with Crippen molar-refractivity contribution in [2.75, 3.05) is 39.8 Å². The average Bonchev–Trinajstić information content (AvgIpc) is 3.11. The standard InChI is InChI=1S/C18H29N3S/c1-19-15-4-5-16(19)14-17(13-15)21-10-8-20(9-11-21)7-6-18-3-2-12-22-18/h2-3,12,15-17H,4-11,13-14H2,1H3/t15-,16-/m0/s1. The Morgan fingerprint density at radius 3 is 2.41 bits per heavy atom. The average molecular weight is 320 g/mol. The SMILES string of the molecule is CN1[C@H]2CC[C@H]1CC(N1CCN(CCc3cccs3)CC1)C2. The molecule has 22 heavy (non-hydrogen) atoms. The van der Waals surface area contributed by atoms with Crippen LogP contribution in [0.3, 0.4) is 0 Å². The van der Waals surface area contributed by atoms with Crippen molar-refractivity contribution in [1.29, 1.82) is 0 Å². The number of hydrogen-bond acceptors (Lipinski definition) is 4. The maximum absolute atomic E-state index is 2.81. The third-order valence-electron chi connectivity index (χ3n) is 6.25. The lowest BCUT2D eigenvalue weighted by Crippen LogP contribution is -2.55. The smallest absolute Gasteiger partial charge is 0.0126 e. The molecule has 0 N–H and O–H groups in total. The fourth-order valence-electron chi connectivity index (χ4n) is 4.76. The number of fused-ring (bicyclic) bond motifs is 2. The Morgan fingerprint density at radius 2 is 1.77 bits per heavy atom. The van der Waals surface area contributed by atoms with Crippen LogP contribution in [0.15, 0.2) is 17.5 Å². The zero-order valence-corrected chi connectivity index (χ0v) is 14.6. The summed E-state index contributed by atoms with van der Waals surface area (Å²) in [4.78, 5) is 9.67. The minimum atomic E-state index is 0.869. The Hall–Kier alpha value is -0.420. The molecule has 122 valence electrons. The molecule has 3 aliphatic rings. The summed E-state index contributed by atoms with van der Waals surface area (Å²) in [5, 5.41) is 2.20. The van der Waals surface area contributed by atoms with Crippen LogP contribution >= 0.6 is 11.3 Å². The van der Waals surface area contributed by atoms with Gasteiger partial charge in [0, 0.05) is 55.7 Å². The van der Waals surface area contributed by atoms with Crippen LogP contribution in [-0.4, -0.2) is 72.6 Å². The lowest BCUT2D eigenvalue weighted by molar-refractivity contribution is 0.0403. The highest BCUT2D eigenvalue weighted by Crippen LogP contribution is 2.36. The van der Waals surface area contributed by atoms with E-state index in [1.807, 2.05) is 11.3 Å². The van der Waals surface area contributed by atoms with Gasteiger partial charge < -0.3 is 9.80 Å². The van der Waals surface area contributed by atoms with E-state index in [9.17, 15) is 0 Å². The predicted molar refractivity (Wildman–Crippen MR) is 93.6 cm³/mol. The van der Waals surface area contributed by atoms with Gasteiger partial charge in [-0.1, -0.05) is 6.07 Å². The largest absolute Gasteiger partial charge is 0.300 e. The van der Waals surface area contributed by atoms with Gasteiger partial charge in [-0.25, -0.2) is 0 Å². The van der Waals surface area contributed by atoms with Gasteiger partial charge in [0.1, 0.15) is 0 Å². The number of thiophene rings is 1. The summed E-state index contributed by atoms with van der Waals surface area (Å²) in [6, 6.07) is 7.07. The Morgan fingerprint density at radius 1 is 1.05 bits per heavy atom. The van der Waals surface area contributed by atoms with Crippen LogP contribution in [-0.2, 0) is 6.42 Å². The molecule has 4 heteroatoms. The zero-order chi connectivity index (χ0) is 14.9. The first-order valence-electron chi connectivity index (χ1n) is 9.00. The molecule has 0 unspecified atom stereocenters. The highest BCUT2D eigenvalue weighted by molar-refractivity contribution is 7.09. The van der Waals surface area contributed by atoms with Crippen LogP contribution < -0.4 is 0 Å². The van der Waals surface area contributed by atoms with Gasteiger partial charge in [0.15, 0.2) is 0 Å². The van der Waals surface area contributed by atoms with Crippen molar-refractivity contribution < 1.29 is 0 Å². The second-order valence-corrected chi connectivity index (χ2v) is 8.41. The predicted octanol–water partition coefficient (Wildman–Crippen LogP) is 2.53. The number of piperazine rings is 1. The van der Waals surface area contributed by atoms with E-state index in [0.717, 1.165) is 18.1 Å². The Bertz CT molecular complexity index is 453. The number of piperidine rings is 1. The molecule has 1 aromatic rings. The minimum Gasteiger partial charge on any atom is -0.300 e. The zero-order valence-electron chi connectivity index (χ0n) is 13.8. The molecule has 0 amide bonds. The van der Waals surface area contributed by atoms with E-state index in [4.69, 9.17) is 0 Å². The van der Waals surface area contributed by atoms with E-state index in [2.05, 4.69) is 39.3 Å². The maximum atomic E-state index is 2.81. The van der Waals surface area contributed by atoms with Crippen LogP contribution in [0.4, 0.5) is 0 Å². The Balaban J connectivity index is 1.24. The molecule has 0 aliphatic carbocycles. The van der Waals surface area contributed by atoms with Crippen LogP contribution in [0.2, 0.25) is 0 Å². The molecule has 3 aliphatic heterocycles. The third-order valence-corrected chi connectivity index (χ3v) is 7.19. The van der Waals surface area contributed by atoms with Crippen molar-refractivity contribution in [2.24, 2.45) is 0 Å². The normalized spacial score (nSPS) is 34.3.